The fourth-order valence-corrected chi connectivity index (χ4v) is 3.46. The highest BCUT2D eigenvalue weighted by atomic mass is 16.5. The molecule has 0 amide bonds. The van der Waals surface area contributed by atoms with Crippen molar-refractivity contribution < 1.29 is 14.3 Å². The van der Waals surface area contributed by atoms with E-state index in [0.717, 1.165) is 44.3 Å². The summed E-state index contributed by atoms with van der Waals surface area (Å²) in [6.07, 6.45) is 8.28. The van der Waals surface area contributed by atoms with Crippen LogP contribution >= 0.6 is 0 Å². The highest BCUT2D eigenvalue weighted by Crippen LogP contribution is 2.36. The lowest BCUT2D eigenvalue weighted by atomic mass is 9.81. The summed E-state index contributed by atoms with van der Waals surface area (Å²) in [7, 11) is 0. The van der Waals surface area contributed by atoms with Crippen LogP contribution in [0.15, 0.2) is 24.3 Å². The molecule has 2 rings (SSSR count). The fraction of sp³-hybridized carbons (Fsp3) is 0.667. The van der Waals surface area contributed by atoms with Crippen molar-refractivity contribution in [2.75, 3.05) is 0 Å². The van der Waals surface area contributed by atoms with Gasteiger partial charge < -0.3 is 9.47 Å². The average Bonchev–Trinajstić information content (AvgIpc) is 2.55. The van der Waals surface area contributed by atoms with Gasteiger partial charge in [-0.2, -0.15) is 0 Å². The first-order valence-corrected chi connectivity index (χ1v) is 9.56. The van der Waals surface area contributed by atoms with E-state index in [-0.39, 0.29) is 18.2 Å². The summed E-state index contributed by atoms with van der Waals surface area (Å²) in [6, 6.07) is 8.30. The van der Waals surface area contributed by atoms with Gasteiger partial charge in [0.2, 0.25) is 0 Å². The van der Waals surface area contributed by atoms with Crippen molar-refractivity contribution in [1.82, 2.24) is 0 Å². The zero-order chi connectivity index (χ0) is 17.4. The summed E-state index contributed by atoms with van der Waals surface area (Å²) in [4.78, 5) is 12.1. The largest absolute Gasteiger partial charge is 0.491 e. The van der Waals surface area contributed by atoms with Crippen molar-refractivity contribution in [1.29, 1.82) is 0 Å². The van der Waals surface area contributed by atoms with Gasteiger partial charge >= 0.3 is 5.97 Å². The summed E-state index contributed by atoms with van der Waals surface area (Å²) in [6.45, 7) is 6.22. The molecule has 0 spiro atoms. The standard InChI is InChI=1S/C21H32O3/c1-4-5-6-14-21(22)24-20-13-8-7-12-19(20)17-10-9-11-18(15-17)23-16(2)3/h9-11,15-16,19-20H,4-8,12-14H2,1-3H3. The third kappa shape index (κ3) is 5.85. The lowest BCUT2D eigenvalue weighted by molar-refractivity contribution is -0.151. The summed E-state index contributed by atoms with van der Waals surface area (Å²) in [5, 5.41) is 0. The molecule has 0 bridgehead atoms. The second kappa shape index (κ2) is 9.71. The minimum absolute atomic E-state index is 0.0159. The van der Waals surface area contributed by atoms with E-state index < -0.39 is 0 Å². The Balaban J connectivity index is 2.02. The van der Waals surface area contributed by atoms with Gasteiger partial charge in [-0.1, -0.05) is 38.3 Å². The van der Waals surface area contributed by atoms with E-state index in [0.29, 0.717) is 12.3 Å². The smallest absolute Gasteiger partial charge is 0.306 e. The van der Waals surface area contributed by atoms with E-state index in [9.17, 15) is 4.79 Å². The van der Waals surface area contributed by atoms with Gasteiger partial charge in [0.05, 0.1) is 6.10 Å². The fourth-order valence-electron chi connectivity index (χ4n) is 3.46. The van der Waals surface area contributed by atoms with E-state index in [1.54, 1.807) is 0 Å². The van der Waals surface area contributed by atoms with Crippen LogP contribution in [0.3, 0.4) is 0 Å². The number of benzene rings is 1. The first-order chi connectivity index (χ1) is 11.6. The zero-order valence-electron chi connectivity index (χ0n) is 15.4. The van der Waals surface area contributed by atoms with Crippen molar-refractivity contribution in [3.63, 3.8) is 0 Å². The SMILES string of the molecule is CCCCCC(=O)OC1CCCCC1c1cccc(OC(C)C)c1. The number of ether oxygens (including phenoxy) is 2. The Morgan fingerprint density at radius 1 is 1.21 bits per heavy atom. The van der Waals surface area contributed by atoms with Crippen molar-refractivity contribution in [3.05, 3.63) is 29.8 Å². The maximum absolute atomic E-state index is 12.1. The van der Waals surface area contributed by atoms with Gasteiger partial charge in [0, 0.05) is 12.3 Å². The first-order valence-electron chi connectivity index (χ1n) is 9.56. The average molecular weight is 332 g/mol. The Morgan fingerprint density at radius 2 is 2.00 bits per heavy atom. The predicted molar refractivity (Wildman–Crippen MR) is 97.4 cm³/mol. The number of esters is 1. The number of rotatable bonds is 8. The van der Waals surface area contributed by atoms with E-state index in [1.807, 2.05) is 26.0 Å². The Hall–Kier alpha value is -1.51. The van der Waals surface area contributed by atoms with Crippen LogP contribution in [-0.4, -0.2) is 18.2 Å². The molecule has 0 aromatic heterocycles. The molecule has 0 aliphatic heterocycles. The first kappa shape index (κ1) is 18.8. The molecule has 1 aromatic rings. The molecular formula is C21H32O3. The van der Waals surface area contributed by atoms with E-state index in [2.05, 4.69) is 19.1 Å². The topological polar surface area (TPSA) is 35.5 Å². The highest BCUT2D eigenvalue weighted by molar-refractivity contribution is 5.69. The van der Waals surface area contributed by atoms with Gasteiger partial charge in [0.1, 0.15) is 11.9 Å². The number of hydrogen-bond acceptors (Lipinski definition) is 3. The van der Waals surface area contributed by atoms with Crippen LogP contribution < -0.4 is 4.74 Å². The normalized spacial score (nSPS) is 20.8. The zero-order valence-corrected chi connectivity index (χ0v) is 15.4. The van der Waals surface area contributed by atoms with Crippen molar-refractivity contribution in [2.45, 2.75) is 90.3 Å². The summed E-state index contributed by atoms with van der Waals surface area (Å²) in [5.74, 6) is 1.17. The molecule has 0 radical (unpaired) electrons. The third-order valence-electron chi connectivity index (χ3n) is 4.63. The van der Waals surface area contributed by atoms with Crippen LogP contribution in [0.5, 0.6) is 5.75 Å². The molecule has 1 aromatic carbocycles. The third-order valence-corrected chi connectivity index (χ3v) is 4.63. The van der Waals surface area contributed by atoms with Gasteiger partial charge in [-0.15, -0.1) is 0 Å². The van der Waals surface area contributed by atoms with Crippen LogP contribution in [0.2, 0.25) is 0 Å². The molecule has 134 valence electrons. The van der Waals surface area contributed by atoms with Crippen LogP contribution in [0, 0.1) is 0 Å². The lowest BCUT2D eigenvalue weighted by Crippen LogP contribution is -2.28. The molecular weight excluding hydrogens is 300 g/mol. The van der Waals surface area contributed by atoms with E-state index in [1.165, 1.54) is 12.0 Å². The number of carbonyl (C=O) groups excluding carboxylic acids is 1. The van der Waals surface area contributed by atoms with Gasteiger partial charge in [-0.05, 0) is 57.2 Å². The minimum Gasteiger partial charge on any atom is -0.491 e. The van der Waals surface area contributed by atoms with Gasteiger partial charge in [-0.3, -0.25) is 4.79 Å². The van der Waals surface area contributed by atoms with E-state index in [4.69, 9.17) is 9.47 Å². The van der Waals surface area contributed by atoms with Crippen LogP contribution in [-0.2, 0) is 9.53 Å². The Morgan fingerprint density at radius 3 is 2.75 bits per heavy atom. The molecule has 1 aliphatic carbocycles. The molecule has 0 saturated heterocycles. The predicted octanol–water partition coefficient (Wildman–Crippen LogP) is 5.62. The second-order valence-corrected chi connectivity index (χ2v) is 7.12. The number of unbranched alkanes of at least 4 members (excludes halogenated alkanes) is 2. The molecule has 24 heavy (non-hydrogen) atoms. The highest BCUT2D eigenvalue weighted by Gasteiger charge is 2.29. The van der Waals surface area contributed by atoms with Crippen LogP contribution in [0.25, 0.3) is 0 Å². The molecule has 1 saturated carbocycles. The Labute approximate surface area is 146 Å². The van der Waals surface area contributed by atoms with Crippen molar-refractivity contribution in [2.24, 2.45) is 0 Å². The Bertz CT molecular complexity index is 510. The summed E-state index contributed by atoms with van der Waals surface area (Å²) < 4.78 is 11.7. The maximum atomic E-state index is 12.1. The van der Waals surface area contributed by atoms with Gasteiger partial charge in [-0.25, -0.2) is 0 Å². The molecule has 1 aliphatic rings. The molecule has 1 fully saturated rings. The number of carbonyl (C=O) groups is 1. The van der Waals surface area contributed by atoms with Crippen molar-refractivity contribution >= 4 is 5.97 Å². The summed E-state index contributed by atoms with van der Waals surface area (Å²) in [5.41, 5.74) is 1.24. The number of hydrogen-bond donors (Lipinski definition) is 0. The molecule has 3 heteroatoms. The summed E-state index contributed by atoms with van der Waals surface area (Å²) >= 11 is 0. The Kier molecular flexibility index (Phi) is 7.61. The minimum atomic E-state index is -0.0325. The van der Waals surface area contributed by atoms with Crippen LogP contribution in [0.1, 0.15) is 83.6 Å². The molecule has 2 atom stereocenters. The quantitative estimate of drug-likeness (QED) is 0.457. The van der Waals surface area contributed by atoms with Crippen LogP contribution in [0.4, 0.5) is 0 Å². The van der Waals surface area contributed by atoms with Gasteiger partial charge in [0.25, 0.3) is 0 Å². The maximum Gasteiger partial charge on any atom is 0.306 e. The van der Waals surface area contributed by atoms with E-state index >= 15 is 0 Å². The molecule has 3 nitrogen and oxygen atoms in total. The molecule has 0 N–H and O–H groups in total. The molecule has 0 heterocycles. The lowest BCUT2D eigenvalue weighted by Gasteiger charge is -2.31. The monoisotopic (exact) mass is 332 g/mol. The van der Waals surface area contributed by atoms with Crippen molar-refractivity contribution in [3.8, 4) is 5.75 Å². The van der Waals surface area contributed by atoms with Gasteiger partial charge in [0.15, 0.2) is 0 Å². The molecule has 2 unspecified atom stereocenters. The second-order valence-electron chi connectivity index (χ2n) is 7.12.